The van der Waals surface area contributed by atoms with Crippen molar-refractivity contribution in [2.75, 3.05) is 20.2 Å². The molecule has 5 nitrogen and oxygen atoms in total. The molecule has 2 aromatic rings. The number of para-hydroxylation sites is 1. The zero-order valence-corrected chi connectivity index (χ0v) is 16.9. The van der Waals surface area contributed by atoms with Gasteiger partial charge in [-0.2, -0.15) is 0 Å². The third kappa shape index (κ3) is 7.06. The molecule has 0 aliphatic rings. The Hall–Kier alpha value is -2.82. The molecule has 0 spiro atoms. The molecule has 1 unspecified atom stereocenters. The van der Waals surface area contributed by atoms with Gasteiger partial charge in [0, 0.05) is 20.0 Å². The number of benzene rings is 2. The van der Waals surface area contributed by atoms with E-state index in [0.29, 0.717) is 26.0 Å². The summed E-state index contributed by atoms with van der Waals surface area (Å²) in [6.45, 7) is 5.04. The Morgan fingerprint density at radius 2 is 1.61 bits per heavy atom. The first kappa shape index (κ1) is 21.5. The minimum absolute atomic E-state index is 0.113. The maximum atomic E-state index is 13.0. The van der Waals surface area contributed by atoms with Crippen LogP contribution in [-0.4, -0.2) is 36.9 Å². The Bertz CT molecular complexity index is 732. The lowest BCUT2D eigenvalue weighted by Crippen LogP contribution is -2.42. The second-order valence-electron chi connectivity index (χ2n) is 7.28. The highest BCUT2D eigenvalue weighted by Crippen LogP contribution is 2.17. The highest BCUT2D eigenvalue weighted by atomic mass is 16.5. The van der Waals surface area contributed by atoms with E-state index >= 15 is 0 Å². The van der Waals surface area contributed by atoms with E-state index in [1.807, 2.05) is 74.5 Å². The van der Waals surface area contributed by atoms with E-state index in [1.54, 1.807) is 11.9 Å². The second kappa shape index (κ2) is 11.1. The number of carbonyl (C=O) groups excluding carboxylic acids is 2. The number of likely N-dealkylation sites (N-methyl/N-ethyl adjacent to an activating group) is 1. The lowest BCUT2D eigenvalue weighted by molar-refractivity contribution is -0.135. The minimum atomic E-state index is -0.674. The van der Waals surface area contributed by atoms with Crippen LogP contribution in [0.5, 0.6) is 5.75 Å². The third-order valence-corrected chi connectivity index (χ3v) is 4.30. The third-order valence-electron chi connectivity index (χ3n) is 4.30. The molecule has 5 heteroatoms. The average Bonchev–Trinajstić information content (AvgIpc) is 2.69. The van der Waals surface area contributed by atoms with Gasteiger partial charge < -0.3 is 15.0 Å². The Morgan fingerprint density at radius 3 is 2.21 bits per heavy atom. The molecule has 0 saturated heterocycles. The van der Waals surface area contributed by atoms with E-state index < -0.39 is 6.04 Å². The second-order valence-corrected chi connectivity index (χ2v) is 7.28. The molecule has 0 radical (unpaired) electrons. The van der Waals surface area contributed by atoms with Crippen molar-refractivity contribution < 1.29 is 14.3 Å². The number of nitrogens with one attached hydrogen (secondary N) is 1. The number of hydrogen-bond acceptors (Lipinski definition) is 3. The number of ether oxygens (including phenoxy) is 1. The number of amides is 2. The first-order chi connectivity index (χ1) is 13.5. The van der Waals surface area contributed by atoms with Gasteiger partial charge in [-0.1, -0.05) is 62.4 Å². The fourth-order valence-corrected chi connectivity index (χ4v) is 2.86. The van der Waals surface area contributed by atoms with Gasteiger partial charge in [-0.25, -0.2) is 0 Å². The summed E-state index contributed by atoms with van der Waals surface area (Å²) in [6, 6.07) is 18.3. The summed E-state index contributed by atoms with van der Waals surface area (Å²) in [7, 11) is 1.76. The standard InChI is InChI=1S/C23H30N2O3/c1-18(2)17-21(26)24-22(19-11-6-4-7-12-19)23(27)25(3)15-10-16-28-20-13-8-5-9-14-20/h4-9,11-14,18,22H,10,15-17H2,1-3H3,(H,24,26). The van der Waals surface area contributed by atoms with E-state index in [-0.39, 0.29) is 17.7 Å². The molecule has 150 valence electrons. The fourth-order valence-electron chi connectivity index (χ4n) is 2.86. The number of carbonyl (C=O) groups is 2. The summed E-state index contributed by atoms with van der Waals surface area (Å²) < 4.78 is 5.68. The van der Waals surface area contributed by atoms with Crippen molar-refractivity contribution in [1.29, 1.82) is 0 Å². The van der Waals surface area contributed by atoms with E-state index in [9.17, 15) is 9.59 Å². The average molecular weight is 383 g/mol. The molecule has 0 heterocycles. The molecule has 0 aliphatic carbocycles. The molecule has 1 atom stereocenters. The van der Waals surface area contributed by atoms with Crippen LogP contribution in [0.1, 0.15) is 38.3 Å². The maximum Gasteiger partial charge on any atom is 0.249 e. The summed E-state index contributed by atoms with van der Waals surface area (Å²) >= 11 is 0. The Kier molecular flexibility index (Phi) is 8.53. The molecule has 0 saturated carbocycles. The van der Waals surface area contributed by atoms with Crippen LogP contribution in [0.3, 0.4) is 0 Å². The van der Waals surface area contributed by atoms with E-state index in [0.717, 1.165) is 11.3 Å². The van der Waals surface area contributed by atoms with Gasteiger partial charge >= 0.3 is 0 Å². The summed E-state index contributed by atoms with van der Waals surface area (Å²) in [5.74, 6) is 0.819. The molecule has 0 fully saturated rings. The first-order valence-corrected chi connectivity index (χ1v) is 9.74. The Balaban J connectivity index is 1.93. The number of nitrogens with zero attached hydrogens (tertiary/aromatic N) is 1. The van der Waals surface area contributed by atoms with E-state index in [4.69, 9.17) is 4.74 Å². The molecule has 2 aromatic carbocycles. The molecular weight excluding hydrogens is 352 g/mol. The van der Waals surface area contributed by atoms with Gasteiger partial charge in [0.1, 0.15) is 11.8 Å². The predicted octanol–water partition coefficient (Wildman–Crippen LogP) is 3.82. The zero-order chi connectivity index (χ0) is 20.4. The van der Waals surface area contributed by atoms with Crippen molar-refractivity contribution in [2.24, 2.45) is 5.92 Å². The molecule has 0 bridgehead atoms. The van der Waals surface area contributed by atoms with E-state index in [2.05, 4.69) is 5.32 Å². The van der Waals surface area contributed by atoms with Crippen LogP contribution in [0.25, 0.3) is 0 Å². The van der Waals surface area contributed by atoms with Crippen LogP contribution in [-0.2, 0) is 9.59 Å². The molecule has 28 heavy (non-hydrogen) atoms. The number of rotatable bonds is 10. The minimum Gasteiger partial charge on any atom is -0.494 e. The van der Waals surface area contributed by atoms with Crippen LogP contribution in [0.2, 0.25) is 0 Å². The molecule has 0 aliphatic heterocycles. The summed E-state index contributed by atoms with van der Waals surface area (Å²) in [5.41, 5.74) is 0.789. The summed E-state index contributed by atoms with van der Waals surface area (Å²) in [5, 5.41) is 2.90. The molecule has 2 rings (SSSR count). The van der Waals surface area contributed by atoms with Crippen LogP contribution >= 0.6 is 0 Å². The van der Waals surface area contributed by atoms with Crippen molar-refractivity contribution >= 4 is 11.8 Å². The largest absolute Gasteiger partial charge is 0.494 e. The molecule has 0 aromatic heterocycles. The Morgan fingerprint density at radius 1 is 1.00 bits per heavy atom. The van der Waals surface area contributed by atoms with Crippen molar-refractivity contribution in [3.63, 3.8) is 0 Å². The fraction of sp³-hybridized carbons (Fsp3) is 0.391. The van der Waals surface area contributed by atoms with Gasteiger partial charge in [0.15, 0.2) is 0 Å². The topological polar surface area (TPSA) is 58.6 Å². The summed E-state index contributed by atoms with van der Waals surface area (Å²) in [6.07, 6.45) is 1.10. The lowest BCUT2D eigenvalue weighted by Gasteiger charge is -2.25. The quantitative estimate of drug-likeness (QED) is 0.636. The van der Waals surface area contributed by atoms with Gasteiger partial charge in [-0.3, -0.25) is 9.59 Å². The lowest BCUT2D eigenvalue weighted by atomic mass is 10.0. The van der Waals surface area contributed by atoms with Gasteiger partial charge in [-0.15, -0.1) is 0 Å². The smallest absolute Gasteiger partial charge is 0.249 e. The zero-order valence-electron chi connectivity index (χ0n) is 16.9. The number of hydrogen-bond donors (Lipinski definition) is 1. The van der Waals surface area contributed by atoms with Crippen LogP contribution < -0.4 is 10.1 Å². The first-order valence-electron chi connectivity index (χ1n) is 9.74. The SMILES string of the molecule is CC(C)CC(=O)NC(C(=O)N(C)CCCOc1ccccc1)c1ccccc1. The predicted molar refractivity (Wildman–Crippen MR) is 111 cm³/mol. The molecule has 1 N–H and O–H groups in total. The molecule has 2 amide bonds. The summed E-state index contributed by atoms with van der Waals surface area (Å²) in [4.78, 5) is 26.9. The van der Waals surface area contributed by atoms with Gasteiger partial charge in [0.2, 0.25) is 11.8 Å². The van der Waals surface area contributed by atoms with Gasteiger partial charge in [0.25, 0.3) is 0 Å². The Labute approximate surface area is 167 Å². The monoisotopic (exact) mass is 382 g/mol. The highest BCUT2D eigenvalue weighted by Gasteiger charge is 2.25. The van der Waals surface area contributed by atoms with Gasteiger partial charge in [0.05, 0.1) is 6.61 Å². The van der Waals surface area contributed by atoms with Crippen molar-refractivity contribution in [1.82, 2.24) is 10.2 Å². The maximum absolute atomic E-state index is 13.0. The van der Waals surface area contributed by atoms with E-state index in [1.165, 1.54) is 0 Å². The van der Waals surface area contributed by atoms with Crippen molar-refractivity contribution in [2.45, 2.75) is 32.7 Å². The van der Waals surface area contributed by atoms with Crippen molar-refractivity contribution in [3.8, 4) is 5.75 Å². The van der Waals surface area contributed by atoms with Crippen LogP contribution in [0, 0.1) is 5.92 Å². The highest BCUT2D eigenvalue weighted by molar-refractivity contribution is 5.88. The normalized spacial score (nSPS) is 11.7. The molecular formula is C23H30N2O3. The van der Waals surface area contributed by atoms with Crippen LogP contribution in [0.15, 0.2) is 60.7 Å². The van der Waals surface area contributed by atoms with Crippen LogP contribution in [0.4, 0.5) is 0 Å². The van der Waals surface area contributed by atoms with Gasteiger partial charge in [-0.05, 0) is 30.0 Å². The van der Waals surface area contributed by atoms with Crippen molar-refractivity contribution in [3.05, 3.63) is 66.2 Å².